The third-order valence-electron chi connectivity index (χ3n) is 3.31. The predicted octanol–water partition coefficient (Wildman–Crippen LogP) is -0.559. The Hall–Kier alpha value is -1.14. The van der Waals surface area contributed by atoms with Crippen molar-refractivity contribution >= 4 is 11.9 Å². The highest BCUT2D eigenvalue weighted by Gasteiger charge is 2.35. The summed E-state index contributed by atoms with van der Waals surface area (Å²) in [6.07, 6.45) is 3.28. The van der Waals surface area contributed by atoms with Gasteiger partial charge in [-0.3, -0.25) is 4.79 Å². The first-order valence-electron chi connectivity index (χ1n) is 6.02. The number of carboxylic acid groups (broad SMARTS) is 1. The van der Waals surface area contributed by atoms with Gasteiger partial charge in [0.25, 0.3) is 0 Å². The molecule has 2 unspecified atom stereocenters. The average molecular weight is 242 g/mol. The van der Waals surface area contributed by atoms with Crippen molar-refractivity contribution in [2.24, 2.45) is 0 Å². The summed E-state index contributed by atoms with van der Waals surface area (Å²) in [6.45, 7) is 1.50. The lowest BCUT2D eigenvalue weighted by atomic mass is 10.0. The van der Waals surface area contributed by atoms with E-state index in [4.69, 9.17) is 9.84 Å². The van der Waals surface area contributed by atoms with Gasteiger partial charge in [-0.2, -0.15) is 0 Å². The second-order valence-corrected chi connectivity index (χ2v) is 4.56. The van der Waals surface area contributed by atoms with Crippen LogP contribution in [0.1, 0.15) is 19.3 Å². The molecule has 0 saturated carbocycles. The van der Waals surface area contributed by atoms with Gasteiger partial charge in [0.05, 0.1) is 6.61 Å². The Morgan fingerprint density at radius 3 is 3.00 bits per heavy atom. The van der Waals surface area contributed by atoms with Gasteiger partial charge >= 0.3 is 5.97 Å². The minimum atomic E-state index is -0.992. The van der Waals surface area contributed by atoms with Crippen LogP contribution in [-0.4, -0.2) is 60.3 Å². The molecule has 2 N–H and O–H groups in total. The zero-order valence-electron chi connectivity index (χ0n) is 9.72. The number of hydrogen-bond donors (Lipinski definition) is 2. The maximum absolute atomic E-state index is 11.7. The number of carbonyl (C=O) groups is 2. The lowest BCUT2D eigenvalue weighted by Gasteiger charge is -2.36. The minimum absolute atomic E-state index is 0.00347. The van der Waals surface area contributed by atoms with Crippen LogP contribution in [0.3, 0.4) is 0 Å². The van der Waals surface area contributed by atoms with Crippen molar-refractivity contribution in [2.75, 3.05) is 26.3 Å². The molecule has 0 aliphatic carbocycles. The number of rotatable bonds is 3. The largest absolute Gasteiger partial charge is 0.480 e. The molecule has 0 aromatic rings. The number of carboxylic acids is 1. The molecule has 1 amide bonds. The second-order valence-electron chi connectivity index (χ2n) is 4.56. The highest BCUT2D eigenvalue weighted by Crippen LogP contribution is 2.14. The average Bonchev–Trinajstić information content (AvgIpc) is 2.33. The normalized spacial score (nSPS) is 30.4. The first-order valence-corrected chi connectivity index (χ1v) is 6.02. The number of aliphatic carboxylic acids is 1. The summed E-state index contributed by atoms with van der Waals surface area (Å²) in [5.41, 5.74) is 0. The zero-order valence-corrected chi connectivity index (χ0v) is 9.72. The van der Waals surface area contributed by atoms with Crippen molar-refractivity contribution in [3.63, 3.8) is 0 Å². The molecule has 2 atom stereocenters. The van der Waals surface area contributed by atoms with Crippen molar-refractivity contribution in [3.05, 3.63) is 0 Å². The Balaban J connectivity index is 1.98. The van der Waals surface area contributed by atoms with Gasteiger partial charge in [-0.1, -0.05) is 6.42 Å². The summed E-state index contributed by atoms with van der Waals surface area (Å²) in [6, 6.07) is -0.618. The Labute approximate surface area is 99.9 Å². The highest BCUT2D eigenvalue weighted by atomic mass is 16.5. The van der Waals surface area contributed by atoms with E-state index in [-0.39, 0.29) is 25.2 Å². The maximum Gasteiger partial charge on any atom is 0.328 e. The predicted molar refractivity (Wildman–Crippen MR) is 59.6 cm³/mol. The first kappa shape index (κ1) is 12.3. The molecule has 2 heterocycles. The van der Waals surface area contributed by atoms with Crippen molar-refractivity contribution in [2.45, 2.75) is 31.3 Å². The number of carbonyl (C=O) groups excluding carboxylic acids is 1. The highest BCUT2D eigenvalue weighted by molar-refractivity contribution is 5.85. The van der Waals surface area contributed by atoms with Crippen LogP contribution >= 0.6 is 0 Å². The summed E-state index contributed by atoms with van der Waals surface area (Å²) in [7, 11) is 0. The van der Waals surface area contributed by atoms with E-state index in [0.29, 0.717) is 6.54 Å². The number of ether oxygens (including phenoxy) is 1. The van der Waals surface area contributed by atoms with Gasteiger partial charge in [0, 0.05) is 12.6 Å². The van der Waals surface area contributed by atoms with E-state index in [1.807, 2.05) is 0 Å². The Morgan fingerprint density at radius 1 is 1.53 bits per heavy atom. The molecule has 6 heteroatoms. The molecule has 6 nitrogen and oxygen atoms in total. The fraction of sp³-hybridized carbons (Fsp3) is 0.818. The Bertz CT molecular complexity index is 302. The van der Waals surface area contributed by atoms with Gasteiger partial charge in [-0.15, -0.1) is 0 Å². The number of piperidine rings is 1. The van der Waals surface area contributed by atoms with Crippen LogP contribution in [0.2, 0.25) is 0 Å². The molecule has 2 aliphatic heterocycles. The quantitative estimate of drug-likeness (QED) is 0.693. The summed E-state index contributed by atoms with van der Waals surface area (Å²) in [4.78, 5) is 24.2. The number of nitrogens with one attached hydrogen (secondary N) is 1. The van der Waals surface area contributed by atoms with Crippen LogP contribution < -0.4 is 5.32 Å². The maximum atomic E-state index is 11.7. The fourth-order valence-electron chi connectivity index (χ4n) is 2.36. The SMILES string of the molecule is O=C(O)C1COCC(=O)N1CC1CCCCN1. The monoisotopic (exact) mass is 242 g/mol. The van der Waals surface area contributed by atoms with Crippen molar-refractivity contribution < 1.29 is 19.4 Å². The van der Waals surface area contributed by atoms with Crippen molar-refractivity contribution in [1.29, 1.82) is 0 Å². The number of amides is 1. The van der Waals surface area contributed by atoms with Gasteiger partial charge in [0.15, 0.2) is 6.04 Å². The van der Waals surface area contributed by atoms with E-state index in [9.17, 15) is 9.59 Å². The zero-order chi connectivity index (χ0) is 12.3. The number of morpholine rings is 1. The fourth-order valence-corrected chi connectivity index (χ4v) is 2.36. The molecule has 2 rings (SSSR count). The molecule has 17 heavy (non-hydrogen) atoms. The molecule has 0 aromatic carbocycles. The molecule has 96 valence electrons. The van der Waals surface area contributed by atoms with Gasteiger partial charge in [-0.25, -0.2) is 4.79 Å². The third-order valence-corrected chi connectivity index (χ3v) is 3.31. The third kappa shape index (κ3) is 2.95. The molecule has 0 bridgehead atoms. The van der Waals surface area contributed by atoms with Crippen LogP contribution in [-0.2, 0) is 14.3 Å². The van der Waals surface area contributed by atoms with Crippen molar-refractivity contribution in [3.8, 4) is 0 Å². The number of nitrogens with zero attached hydrogens (tertiary/aromatic N) is 1. The molecular formula is C11H18N2O4. The molecule has 2 aliphatic rings. The molecule has 0 radical (unpaired) electrons. The summed E-state index contributed by atoms with van der Waals surface area (Å²) in [5.74, 6) is -1.22. The molecule has 0 aromatic heterocycles. The van der Waals surface area contributed by atoms with Crippen LogP contribution in [0.25, 0.3) is 0 Å². The smallest absolute Gasteiger partial charge is 0.328 e. The standard InChI is InChI=1S/C11H18N2O4/c14-10-7-17-6-9(11(15)16)13(10)5-8-3-1-2-4-12-8/h8-9,12H,1-7H2,(H,15,16). The molecule has 2 saturated heterocycles. The van der Waals surface area contributed by atoms with E-state index in [1.165, 1.54) is 4.90 Å². The molecule has 0 spiro atoms. The Kier molecular flexibility index (Phi) is 3.96. The number of hydrogen-bond acceptors (Lipinski definition) is 4. The van der Waals surface area contributed by atoms with Crippen LogP contribution in [0.15, 0.2) is 0 Å². The summed E-state index contributed by atoms with van der Waals surface area (Å²) < 4.78 is 4.98. The van der Waals surface area contributed by atoms with Crippen LogP contribution in [0, 0.1) is 0 Å². The lowest BCUT2D eigenvalue weighted by Crippen LogP contribution is -2.57. The molecule has 2 fully saturated rings. The van der Waals surface area contributed by atoms with E-state index in [0.717, 1.165) is 25.8 Å². The van der Waals surface area contributed by atoms with E-state index < -0.39 is 12.0 Å². The second kappa shape index (κ2) is 5.46. The first-order chi connectivity index (χ1) is 8.18. The van der Waals surface area contributed by atoms with Gasteiger partial charge in [0.2, 0.25) is 5.91 Å². The van der Waals surface area contributed by atoms with Crippen LogP contribution in [0.5, 0.6) is 0 Å². The van der Waals surface area contributed by atoms with E-state index in [1.54, 1.807) is 0 Å². The van der Waals surface area contributed by atoms with E-state index >= 15 is 0 Å². The van der Waals surface area contributed by atoms with E-state index in [2.05, 4.69) is 5.32 Å². The molecular weight excluding hydrogens is 224 g/mol. The summed E-state index contributed by atoms with van der Waals surface area (Å²) in [5, 5.41) is 12.4. The summed E-state index contributed by atoms with van der Waals surface area (Å²) >= 11 is 0. The van der Waals surface area contributed by atoms with Gasteiger partial charge < -0.3 is 20.1 Å². The topological polar surface area (TPSA) is 78.9 Å². The Morgan fingerprint density at radius 2 is 2.35 bits per heavy atom. The lowest BCUT2D eigenvalue weighted by molar-refractivity contribution is -0.163. The van der Waals surface area contributed by atoms with Gasteiger partial charge in [0.1, 0.15) is 6.61 Å². The van der Waals surface area contributed by atoms with Crippen LogP contribution in [0.4, 0.5) is 0 Å². The minimum Gasteiger partial charge on any atom is -0.480 e. The van der Waals surface area contributed by atoms with Gasteiger partial charge in [-0.05, 0) is 19.4 Å². The van der Waals surface area contributed by atoms with Crippen molar-refractivity contribution in [1.82, 2.24) is 10.2 Å².